The molecule has 1 heterocycles. The first-order chi connectivity index (χ1) is 14.4. The van der Waals surface area contributed by atoms with Gasteiger partial charge in [-0.15, -0.1) is 0 Å². The zero-order valence-electron chi connectivity index (χ0n) is 16.5. The van der Waals surface area contributed by atoms with E-state index in [1.807, 2.05) is 12.1 Å². The minimum Gasteiger partial charge on any atom is -0.497 e. The first kappa shape index (κ1) is 19.8. The molecule has 0 atom stereocenters. The summed E-state index contributed by atoms with van der Waals surface area (Å²) >= 11 is 0. The Morgan fingerprint density at radius 2 is 1.73 bits per heavy atom. The minimum absolute atomic E-state index is 0.204. The van der Waals surface area contributed by atoms with Gasteiger partial charge in [-0.1, -0.05) is 24.3 Å². The number of carbonyl (C=O) groups excluding carboxylic acids is 1. The Bertz CT molecular complexity index is 1210. The number of nitrogens with zero attached hydrogens (tertiary/aromatic N) is 1. The van der Waals surface area contributed by atoms with Crippen LogP contribution in [0.2, 0.25) is 0 Å². The van der Waals surface area contributed by atoms with Crippen LogP contribution in [-0.2, 0) is 15.8 Å². The van der Waals surface area contributed by atoms with Gasteiger partial charge in [0.25, 0.3) is 5.91 Å². The summed E-state index contributed by atoms with van der Waals surface area (Å²) in [5.41, 5.74) is 1.82. The van der Waals surface area contributed by atoms with Gasteiger partial charge in [-0.05, 0) is 48.0 Å². The molecule has 0 fully saturated rings. The maximum atomic E-state index is 12.9. The first-order valence-electron chi connectivity index (χ1n) is 9.19. The summed E-state index contributed by atoms with van der Waals surface area (Å²) in [4.78, 5) is 14.4. The molecule has 0 aliphatic carbocycles. The van der Waals surface area contributed by atoms with Gasteiger partial charge in [0, 0.05) is 12.7 Å². The van der Waals surface area contributed by atoms with Crippen LogP contribution in [0.25, 0.3) is 0 Å². The second-order valence-corrected chi connectivity index (χ2v) is 8.58. The third-order valence-corrected chi connectivity index (χ3v) is 6.01. The summed E-state index contributed by atoms with van der Waals surface area (Å²) in [5, 5.41) is 0. The van der Waals surface area contributed by atoms with Crippen molar-refractivity contribution in [1.29, 1.82) is 0 Å². The number of amides is 1. The molecule has 0 saturated carbocycles. The molecular formula is C22H20N2O5S. The lowest BCUT2D eigenvalue weighted by Crippen LogP contribution is -2.25. The van der Waals surface area contributed by atoms with Gasteiger partial charge < -0.3 is 14.4 Å². The second-order valence-electron chi connectivity index (χ2n) is 6.85. The van der Waals surface area contributed by atoms with Crippen molar-refractivity contribution in [1.82, 2.24) is 0 Å². The lowest BCUT2D eigenvalue weighted by atomic mass is 10.1. The number of sulfonamides is 1. The topological polar surface area (TPSA) is 84.9 Å². The Balaban J connectivity index is 1.59. The normalized spacial score (nSPS) is 13.0. The lowest BCUT2D eigenvalue weighted by Gasteiger charge is -2.16. The van der Waals surface area contributed by atoms with Crippen molar-refractivity contribution in [3.05, 3.63) is 77.9 Å². The van der Waals surface area contributed by atoms with Crippen LogP contribution >= 0.6 is 0 Å². The van der Waals surface area contributed by atoms with Gasteiger partial charge in [0.15, 0.2) is 5.75 Å². The molecule has 3 aromatic carbocycles. The summed E-state index contributed by atoms with van der Waals surface area (Å²) in [6, 6.07) is 18.7. The molecule has 0 unspecified atom stereocenters. The van der Waals surface area contributed by atoms with Crippen molar-refractivity contribution in [3.63, 3.8) is 0 Å². The molecule has 1 aliphatic heterocycles. The monoisotopic (exact) mass is 424 g/mol. The fourth-order valence-electron chi connectivity index (χ4n) is 3.24. The zero-order chi connectivity index (χ0) is 21.3. The summed E-state index contributed by atoms with van der Waals surface area (Å²) < 4.78 is 38.7. The van der Waals surface area contributed by atoms with E-state index in [1.165, 1.54) is 11.0 Å². The summed E-state index contributed by atoms with van der Waals surface area (Å²) in [7, 11) is -0.483. The summed E-state index contributed by atoms with van der Waals surface area (Å²) in [6.07, 6.45) is 0. The number of fused-ring (bicyclic) bond motifs is 2. The number of anilines is 2. The van der Waals surface area contributed by atoms with Gasteiger partial charge >= 0.3 is 0 Å². The maximum absolute atomic E-state index is 12.9. The predicted octanol–water partition coefficient (Wildman–Crippen LogP) is 4.02. The Kier molecular flexibility index (Phi) is 5.09. The van der Waals surface area contributed by atoms with Crippen molar-refractivity contribution in [2.75, 3.05) is 23.8 Å². The molecule has 30 heavy (non-hydrogen) atoms. The predicted molar refractivity (Wildman–Crippen MR) is 115 cm³/mol. The number of nitrogens with one attached hydrogen (secondary N) is 1. The van der Waals surface area contributed by atoms with Crippen LogP contribution in [0.5, 0.6) is 17.2 Å². The number of methoxy groups -OCH3 is 1. The van der Waals surface area contributed by atoms with E-state index in [1.54, 1.807) is 62.7 Å². The van der Waals surface area contributed by atoms with Gasteiger partial charge in [-0.2, -0.15) is 0 Å². The van der Waals surface area contributed by atoms with Crippen LogP contribution < -0.4 is 19.1 Å². The molecule has 8 heteroatoms. The molecule has 7 nitrogen and oxygen atoms in total. The number of carbonyl (C=O) groups is 1. The van der Waals surface area contributed by atoms with E-state index < -0.39 is 10.0 Å². The third kappa shape index (κ3) is 3.95. The van der Waals surface area contributed by atoms with E-state index in [0.717, 1.165) is 0 Å². The number of rotatable bonds is 5. The largest absolute Gasteiger partial charge is 0.497 e. The fraction of sp³-hybridized carbons (Fsp3) is 0.136. The van der Waals surface area contributed by atoms with Crippen LogP contribution in [0.1, 0.15) is 15.9 Å². The average molecular weight is 424 g/mol. The highest BCUT2D eigenvalue weighted by molar-refractivity contribution is 7.91. The molecule has 154 valence electrons. The standard InChI is InChI=1S/C22H20N2O5S/c1-24-19-5-3-4-6-21(19)29-20-12-9-16(13-18(20)22(24)25)23-30(26,27)14-15-7-10-17(28-2)11-8-15/h3-13,23H,14H2,1-2H3. The fourth-order valence-corrected chi connectivity index (χ4v) is 4.43. The van der Waals surface area contributed by atoms with E-state index in [0.29, 0.717) is 34.2 Å². The van der Waals surface area contributed by atoms with Crippen molar-refractivity contribution in [3.8, 4) is 17.2 Å². The molecule has 0 radical (unpaired) electrons. The quantitative estimate of drug-likeness (QED) is 0.669. The summed E-state index contributed by atoms with van der Waals surface area (Å²) in [6.45, 7) is 0. The number of para-hydroxylation sites is 2. The van der Waals surface area contributed by atoms with Gasteiger partial charge in [-0.3, -0.25) is 9.52 Å². The summed E-state index contributed by atoms with van der Waals surface area (Å²) in [5.74, 6) is 1.09. The number of hydrogen-bond donors (Lipinski definition) is 1. The van der Waals surface area contributed by atoms with E-state index in [2.05, 4.69) is 4.72 Å². The van der Waals surface area contributed by atoms with Crippen molar-refractivity contribution >= 4 is 27.3 Å². The number of ether oxygens (including phenoxy) is 2. The first-order valence-corrected chi connectivity index (χ1v) is 10.8. The molecular weight excluding hydrogens is 404 g/mol. The van der Waals surface area contributed by atoms with Gasteiger partial charge in [0.05, 0.1) is 24.1 Å². The highest BCUT2D eigenvalue weighted by Crippen LogP contribution is 2.39. The van der Waals surface area contributed by atoms with Gasteiger partial charge in [0.2, 0.25) is 10.0 Å². The Hall–Kier alpha value is -3.52. The lowest BCUT2D eigenvalue weighted by molar-refractivity contribution is 0.0993. The van der Waals surface area contributed by atoms with Crippen LogP contribution in [0.3, 0.4) is 0 Å². The third-order valence-electron chi connectivity index (χ3n) is 4.75. The Morgan fingerprint density at radius 3 is 2.47 bits per heavy atom. The second kappa shape index (κ2) is 7.72. The van der Waals surface area contributed by atoms with E-state index in [4.69, 9.17) is 9.47 Å². The van der Waals surface area contributed by atoms with Gasteiger partial charge in [0.1, 0.15) is 11.5 Å². The van der Waals surface area contributed by atoms with E-state index in [-0.39, 0.29) is 17.2 Å². The van der Waals surface area contributed by atoms with Crippen LogP contribution in [-0.4, -0.2) is 28.5 Å². The van der Waals surface area contributed by atoms with Crippen LogP contribution in [0.15, 0.2) is 66.7 Å². The molecule has 1 amide bonds. The smallest absolute Gasteiger partial charge is 0.261 e. The molecule has 0 spiro atoms. The number of benzene rings is 3. The average Bonchev–Trinajstić information content (AvgIpc) is 2.83. The van der Waals surface area contributed by atoms with E-state index in [9.17, 15) is 13.2 Å². The zero-order valence-corrected chi connectivity index (χ0v) is 17.3. The molecule has 0 bridgehead atoms. The minimum atomic E-state index is -3.68. The highest BCUT2D eigenvalue weighted by Gasteiger charge is 2.26. The number of hydrogen-bond acceptors (Lipinski definition) is 5. The molecule has 0 saturated heterocycles. The molecule has 1 aliphatic rings. The van der Waals surface area contributed by atoms with Crippen LogP contribution in [0.4, 0.5) is 11.4 Å². The molecule has 1 N–H and O–H groups in total. The van der Waals surface area contributed by atoms with Crippen molar-refractivity contribution in [2.45, 2.75) is 5.75 Å². The Morgan fingerprint density at radius 1 is 1.00 bits per heavy atom. The van der Waals surface area contributed by atoms with Crippen molar-refractivity contribution in [2.24, 2.45) is 0 Å². The maximum Gasteiger partial charge on any atom is 0.261 e. The van der Waals surface area contributed by atoms with Gasteiger partial charge in [-0.25, -0.2) is 8.42 Å². The van der Waals surface area contributed by atoms with Crippen LogP contribution in [0, 0.1) is 0 Å². The molecule has 0 aromatic heterocycles. The molecule has 3 aromatic rings. The highest BCUT2D eigenvalue weighted by atomic mass is 32.2. The van der Waals surface area contributed by atoms with E-state index >= 15 is 0 Å². The Labute approximate surface area is 174 Å². The van der Waals surface area contributed by atoms with Crippen molar-refractivity contribution < 1.29 is 22.7 Å². The SMILES string of the molecule is COc1ccc(CS(=O)(=O)Nc2ccc3c(c2)C(=O)N(C)c2ccccc2O3)cc1. The molecule has 4 rings (SSSR count).